The van der Waals surface area contributed by atoms with Crippen molar-refractivity contribution in [3.05, 3.63) is 29.8 Å². The summed E-state index contributed by atoms with van der Waals surface area (Å²) in [5, 5.41) is 3.28. The number of carbonyl (C=O) groups excluding carboxylic acids is 1. The highest BCUT2D eigenvalue weighted by Crippen LogP contribution is 2.16. The van der Waals surface area contributed by atoms with Gasteiger partial charge in [0.15, 0.2) is 0 Å². The van der Waals surface area contributed by atoms with Crippen LogP contribution in [0.5, 0.6) is 5.75 Å². The third-order valence-corrected chi connectivity index (χ3v) is 3.15. The van der Waals surface area contributed by atoms with Gasteiger partial charge >= 0.3 is 0 Å². The fourth-order valence-electron chi connectivity index (χ4n) is 2.19. The van der Waals surface area contributed by atoms with Crippen molar-refractivity contribution in [2.75, 3.05) is 26.2 Å². The molecule has 1 N–H and O–H groups in total. The lowest BCUT2D eigenvalue weighted by Gasteiger charge is -2.34. The number of amides is 1. The predicted molar refractivity (Wildman–Crippen MR) is 71.0 cm³/mol. The average molecular weight is 248 g/mol. The third-order valence-electron chi connectivity index (χ3n) is 3.15. The standard InChI is InChI=1S/C14H20N2O2/c1-3-18-13-6-4-5-12(9-13)14(17)16-8-7-15-10-11(16)2/h4-6,9,11,15H,3,7-8,10H2,1-2H3/t11-/m0/s1. The lowest BCUT2D eigenvalue weighted by atomic mass is 10.1. The molecule has 1 atom stereocenters. The molecule has 0 bridgehead atoms. The summed E-state index contributed by atoms with van der Waals surface area (Å²) < 4.78 is 5.43. The average Bonchev–Trinajstić information content (AvgIpc) is 2.39. The largest absolute Gasteiger partial charge is 0.494 e. The number of piperazine rings is 1. The van der Waals surface area contributed by atoms with Crippen molar-refractivity contribution in [2.24, 2.45) is 0 Å². The van der Waals surface area contributed by atoms with Crippen LogP contribution in [0, 0.1) is 0 Å². The highest BCUT2D eigenvalue weighted by atomic mass is 16.5. The van der Waals surface area contributed by atoms with Gasteiger partial charge in [-0.2, -0.15) is 0 Å². The van der Waals surface area contributed by atoms with Gasteiger partial charge in [0, 0.05) is 31.2 Å². The number of carbonyl (C=O) groups is 1. The maximum absolute atomic E-state index is 12.4. The minimum atomic E-state index is 0.0885. The Balaban J connectivity index is 2.14. The molecule has 4 nitrogen and oxygen atoms in total. The van der Waals surface area contributed by atoms with Crippen molar-refractivity contribution in [2.45, 2.75) is 19.9 Å². The Bertz CT molecular complexity index is 420. The van der Waals surface area contributed by atoms with Crippen molar-refractivity contribution >= 4 is 5.91 Å². The highest BCUT2D eigenvalue weighted by molar-refractivity contribution is 5.94. The Morgan fingerprint density at radius 3 is 3.11 bits per heavy atom. The van der Waals surface area contributed by atoms with Gasteiger partial charge in [0.1, 0.15) is 5.75 Å². The second-order valence-corrected chi connectivity index (χ2v) is 4.51. The smallest absolute Gasteiger partial charge is 0.254 e. The van der Waals surface area contributed by atoms with E-state index in [9.17, 15) is 4.79 Å². The van der Waals surface area contributed by atoms with Gasteiger partial charge in [-0.25, -0.2) is 0 Å². The molecule has 1 heterocycles. The predicted octanol–water partition coefficient (Wildman–Crippen LogP) is 1.52. The Kier molecular flexibility index (Phi) is 4.20. The lowest BCUT2D eigenvalue weighted by molar-refractivity contribution is 0.0655. The minimum Gasteiger partial charge on any atom is -0.494 e. The van der Waals surface area contributed by atoms with Crippen molar-refractivity contribution < 1.29 is 9.53 Å². The molecule has 0 unspecified atom stereocenters. The van der Waals surface area contributed by atoms with Gasteiger partial charge in [0.05, 0.1) is 6.61 Å². The lowest BCUT2D eigenvalue weighted by Crippen LogP contribution is -2.52. The molecule has 1 aromatic carbocycles. The first kappa shape index (κ1) is 12.9. The molecule has 0 aromatic heterocycles. The van der Waals surface area contributed by atoms with Crippen LogP contribution in [0.3, 0.4) is 0 Å². The van der Waals surface area contributed by atoms with Gasteiger partial charge < -0.3 is 15.0 Å². The number of nitrogens with one attached hydrogen (secondary N) is 1. The molecule has 0 saturated carbocycles. The number of nitrogens with zero attached hydrogens (tertiary/aromatic N) is 1. The van der Waals surface area contributed by atoms with E-state index in [2.05, 4.69) is 12.2 Å². The molecule has 0 radical (unpaired) electrons. The minimum absolute atomic E-state index is 0.0885. The van der Waals surface area contributed by atoms with Gasteiger partial charge in [-0.05, 0) is 32.0 Å². The van der Waals surface area contributed by atoms with Crippen LogP contribution in [0.25, 0.3) is 0 Å². The number of hydrogen-bond acceptors (Lipinski definition) is 3. The van der Waals surface area contributed by atoms with E-state index < -0.39 is 0 Å². The summed E-state index contributed by atoms with van der Waals surface area (Å²) in [6.45, 7) is 7.10. The molecule has 4 heteroatoms. The normalized spacial score (nSPS) is 19.7. The maximum atomic E-state index is 12.4. The van der Waals surface area contributed by atoms with Crippen LogP contribution in [-0.4, -0.2) is 43.1 Å². The Labute approximate surface area is 108 Å². The second-order valence-electron chi connectivity index (χ2n) is 4.51. The van der Waals surface area contributed by atoms with E-state index >= 15 is 0 Å². The van der Waals surface area contributed by atoms with Gasteiger partial charge in [0.25, 0.3) is 5.91 Å². The van der Waals surface area contributed by atoms with Crippen LogP contribution in [-0.2, 0) is 0 Å². The van der Waals surface area contributed by atoms with Crippen LogP contribution in [0.4, 0.5) is 0 Å². The van der Waals surface area contributed by atoms with Crippen LogP contribution in [0.2, 0.25) is 0 Å². The number of ether oxygens (including phenoxy) is 1. The zero-order valence-electron chi connectivity index (χ0n) is 11.0. The fourth-order valence-corrected chi connectivity index (χ4v) is 2.19. The quantitative estimate of drug-likeness (QED) is 0.881. The van der Waals surface area contributed by atoms with E-state index in [1.807, 2.05) is 36.1 Å². The van der Waals surface area contributed by atoms with Crippen molar-refractivity contribution in [1.82, 2.24) is 10.2 Å². The number of hydrogen-bond donors (Lipinski definition) is 1. The second kappa shape index (κ2) is 5.87. The molecule has 1 fully saturated rings. The number of benzene rings is 1. The Morgan fingerprint density at radius 2 is 2.39 bits per heavy atom. The van der Waals surface area contributed by atoms with Crippen LogP contribution in [0.15, 0.2) is 24.3 Å². The van der Waals surface area contributed by atoms with Crippen LogP contribution < -0.4 is 10.1 Å². The van der Waals surface area contributed by atoms with E-state index in [1.54, 1.807) is 0 Å². The monoisotopic (exact) mass is 248 g/mol. The summed E-state index contributed by atoms with van der Waals surface area (Å²) in [6.07, 6.45) is 0. The first-order valence-corrected chi connectivity index (χ1v) is 6.47. The number of rotatable bonds is 3. The molecule has 1 saturated heterocycles. The molecule has 1 aliphatic rings. The maximum Gasteiger partial charge on any atom is 0.254 e. The molecule has 0 spiro atoms. The van der Waals surface area contributed by atoms with Crippen LogP contribution in [0.1, 0.15) is 24.2 Å². The molecule has 1 amide bonds. The molecular weight excluding hydrogens is 228 g/mol. The molecule has 0 aliphatic carbocycles. The van der Waals surface area contributed by atoms with Gasteiger partial charge in [-0.15, -0.1) is 0 Å². The fraction of sp³-hybridized carbons (Fsp3) is 0.500. The van der Waals surface area contributed by atoms with Crippen molar-refractivity contribution in [1.29, 1.82) is 0 Å². The summed E-state index contributed by atoms with van der Waals surface area (Å²) in [6, 6.07) is 7.65. The Morgan fingerprint density at radius 1 is 1.56 bits per heavy atom. The summed E-state index contributed by atoms with van der Waals surface area (Å²) in [5.41, 5.74) is 0.703. The van der Waals surface area contributed by atoms with E-state index in [4.69, 9.17) is 4.74 Å². The van der Waals surface area contributed by atoms with E-state index in [1.165, 1.54) is 0 Å². The first-order valence-electron chi connectivity index (χ1n) is 6.47. The Hall–Kier alpha value is -1.55. The van der Waals surface area contributed by atoms with E-state index in [-0.39, 0.29) is 11.9 Å². The third kappa shape index (κ3) is 2.82. The molecule has 2 rings (SSSR count). The molecule has 1 aromatic rings. The molecule has 18 heavy (non-hydrogen) atoms. The molecule has 98 valence electrons. The van der Waals surface area contributed by atoms with Gasteiger partial charge in [0.2, 0.25) is 0 Å². The summed E-state index contributed by atoms with van der Waals surface area (Å²) in [7, 11) is 0. The van der Waals surface area contributed by atoms with Crippen molar-refractivity contribution in [3.63, 3.8) is 0 Å². The van der Waals surface area contributed by atoms with E-state index in [0.29, 0.717) is 12.2 Å². The highest BCUT2D eigenvalue weighted by Gasteiger charge is 2.24. The first-order chi connectivity index (χ1) is 8.72. The summed E-state index contributed by atoms with van der Waals surface area (Å²) >= 11 is 0. The van der Waals surface area contributed by atoms with Crippen molar-refractivity contribution in [3.8, 4) is 5.75 Å². The van der Waals surface area contributed by atoms with Gasteiger partial charge in [-0.3, -0.25) is 4.79 Å². The van der Waals surface area contributed by atoms with E-state index in [0.717, 1.165) is 25.4 Å². The summed E-state index contributed by atoms with van der Waals surface area (Å²) in [4.78, 5) is 14.3. The zero-order valence-corrected chi connectivity index (χ0v) is 11.0. The SMILES string of the molecule is CCOc1cccc(C(=O)N2CCNC[C@@H]2C)c1. The summed E-state index contributed by atoms with van der Waals surface area (Å²) in [5.74, 6) is 0.844. The molecule has 1 aliphatic heterocycles. The van der Waals surface area contributed by atoms with Gasteiger partial charge in [-0.1, -0.05) is 6.07 Å². The topological polar surface area (TPSA) is 41.6 Å². The van der Waals surface area contributed by atoms with Crippen LogP contribution >= 0.6 is 0 Å². The zero-order chi connectivity index (χ0) is 13.0. The molecular formula is C14H20N2O2.